The first kappa shape index (κ1) is 27.1. The number of carbonyl (C=O) groups excluding carboxylic acids is 1. The number of likely N-dealkylation sites (N-methyl/N-ethyl adjacent to an activating group) is 1. The lowest BCUT2D eigenvalue weighted by Crippen LogP contribution is -2.30. The third kappa shape index (κ3) is 5.68. The van der Waals surface area contributed by atoms with Gasteiger partial charge in [0.2, 0.25) is 5.91 Å². The third-order valence-electron chi connectivity index (χ3n) is 5.96. The van der Waals surface area contributed by atoms with Gasteiger partial charge in [0.1, 0.15) is 5.65 Å². The fraction of sp³-hybridized carbons (Fsp3) is 0.250. The number of hydrogen-bond donors (Lipinski definition) is 2. The van der Waals surface area contributed by atoms with E-state index in [0.717, 1.165) is 11.1 Å². The molecule has 0 saturated heterocycles. The maximum absolute atomic E-state index is 13.5. The van der Waals surface area contributed by atoms with Crippen LogP contribution in [0.15, 0.2) is 53.3 Å². The van der Waals surface area contributed by atoms with E-state index in [2.05, 4.69) is 10.6 Å². The molecule has 1 amide bonds. The number of nitrogens with one attached hydrogen (secondary N) is 2. The Morgan fingerprint density at radius 1 is 1.00 bits per heavy atom. The third-order valence-corrected chi connectivity index (χ3v) is 6.76. The summed E-state index contributed by atoms with van der Waals surface area (Å²) in [6.45, 7) is 6.36. The van der Waals surface area contributed by atoms with Gasteiger partial charge < -0.3 is 10.6 Å². The number of benzene rings is 2. The molecule has 9 heteroatoms. The first-order valence-electron chi connectivity index (χ1n) is 11.8. The van der Waals surface area contributed by atoms with Crippen LogP contribution in [0.25, 0.3) is 33.4 Å². The molecule has 0 spiro atoms. The molecule has 2 aromatic heterocycles. The normalized spacial score (nSPS) is 11.4. The van der Waals surface area contributed by atoms with Gasteiger partial charge in [-0.3, -0.25) is 14.2 Å². The van der Waals surface area contributed by atoms with Crippen LogP contribution in [-0.2, 0) is 11.3 Å². The summed E-state index contributed by atoms with van der Waals surface area (Å²) in [5.41, 5.74) is 4.02. The second-order valence-electron chi connectivity index (χ2n) is 9.27. The van der Waals surface area contributed by atoms with Crippen molar-refractivity contribution in [2.24, 2.45) is 5.92 Å². The second-order valence-corrected chi connectivity index (χ2v) is 10.6. The lowest BCUT2D eigenvalue weighted by atomic mass is 9.97. The molecular weight excluding hydrogens is 531 g/mol. The van der Waals surface area contributed by atoms with E-state index in [9.17, 15) is 9.59 Å². The predicted octanol–water partition coefficient (Wildman–Crippen LogP) is 6.81. The zero-order valence-electron chi connectivity index (χ0n) is 21.0. The van der Waals surface area contributed by atoms with Crippen LogP contribution < -0.4 is 16.2 Å². The Bertz CT molecular complexity index is 1550. The van der Waals surface area contributed by atoms with Crippen molar-refractivity contribution in [1.29, 1.82) is 0 Å². The van der Waals surface area contributed by atoms with Crippen LogP contribution in [0.5, 0.6) is 0 Å². The van der Waals surface area contributed by atoms with Gasteiger partial charge in [-0.15, -0.1) is 0 Å². The molecule has 0 radical (unpaired) electrons. The number of hydrogen-bond acceptors (Lipinski definition) is 4. The first-order chi connectivity index (χ1) is 17.6. The van der Waals surface area contributed by atoms with Crippen molar-refractivity contribution in [2.75, 3.05) is 18.9 Å². The standard InChI is InChI=1S/C28H27Cl3N4O2/c1-15(2)14-35-27-22(25(16(3)28(35)37)33-24(36)13-32-4)12-21(17-5-7-18(29)8-6-17)26(34-27)20-10-9-19(30)11-23(20)31/h5-12,15,32H,13-14H2,1-4H3,(H,33,36). The fourth-order valence-electron chi connectivity index (χ4n) is 4.28. The average molecular weight is 558 g/mol. The SMILES string of the molecule is CNCC(=O)Nc1c(C)c(=O)n(CC(C)C)c2nc(-c3ccc(Cl)cc3Cl)c(-c3ccc(Cl)cc3)cc12. The largest absolute Gasteiger partial charge is 0.324 e. The van der Waals surface area contributed by atoms with Crippen LogP contribution in [0.3, 0.4) is 0 Å². The van der Waals surface area contributed by atoms with Crippen molar-refractivity contribution >= 4 is 57.4 Å². The molecule has 37 heavy (non-hydrogen) atoms. The fourth-order valence-corrected chi connectivity index (χ4v) is 4.90. The van der Waals surface area contributed by atoms with Gasteiger partial charge in [-0.05, 0) is 61.9 Å². The van der Waals surface area contributed by atoms with Crippen LogP contribution in [0.1, 0.15) is 19.4 Å². The first-order valence-corrected chi connectivity index (χ1v) is 13.0. The summed E-state index contributed by atoms with van der Waals surface area (Å²) >= 11 is 19.0. The number of carbonyl (C=O) groups is 1. The van der Waals surface area contributed by atoms with Crippen LogP contribution in [0, 0.1) is 12.8 Å². The Labute approximate surface area is 230 Å². The van der Waals surface area contributed by atoms with Crippen molar-refractivity contribution < 1.29 is 4.79 Å². The number of fused-ring (bicyclic) bond motifs is 1. The van der Waals surface area contributed by atoms with Crippen molar-refractivity contribution in [3.63, 3.8) is 0 Å². The number of halogens is 3. The van der Waals surface area contributed by atoms with Crippen LogP contribution in [-0.4, -0.2) is 29.1 Å². The Hall–Kier alpha value is -2.90. The molecule has 2 heterocycles. The monoisotopic (exact) mass is 556 g/mol. The van der Waals surface area contributed by atoms with E-state index < -0.39 is 0 Å². The summed E-state index contributed by atoms with van der Waals surface area (Å²) in [5, 5.41) is 7.96. The number of rotatable bonds is 7. The lowest BCUT2D eigenvalue weighted by Gasteiger charge is -2.20. The summed E-state index contributed by atoms with van der Waals surface area (Å²) in [4.78, 5) is 31.2. The summed E-state index contributed by atoms with van der Waals surface area (Å²) in [6.07, 6.45) is 0. The van der Waals surface area contributed by atoms with Crippen molar-refractivity contribution in [3.8, 4) is 22.4 Å². The highest BCUT2D eigenvalue weighted by atomic mass is 35.5. The zero-order chi connectivity index (χ0) is 26.9. The van der Waals surface area contributed by atoms with E-state index in [1.54, 1.807) is 42.8 Å². The van der Waals surface area contributed by atoms with E-state index in [0.29, 0.717) is 55.2 Å². The Balaban J connectivity index is 2.14. The van der Waals surface area contributed by atoms with Gasteiger partial charge in [-0.1, -0.05) is 60.8 Å². The molecule has 0 bridgehead atoms. The highest BCUT2D eigenvalue weighted by Crippen LogP contribution is 2.39. The molecule has 4 aromatic rings. The highest BCUT2D eigenvalue weighted by Gasteiger charge is 2.22. The molecule has 4 rings (SSSR count). The summed E-state index contributed by atoms with van der Waals surface area (Å²) in [6, 6.07) is 14.6. The molecular formula is C28H27Cl3N4O2. The molecule has 2 aromatic carbocycles. The Morgan fingerprint density at radius 2 is 1.68 bits per heavy atom. The van der Waals surface area contributed by atoms with Gasteiger partial charge in [0.25, 0.3) is 5.56 Å². The molecule has 0 saturated carbocycles. The molecule has 0 atom stereocenters. The minimum atomic E-state index is -0.259. The highest BCUT2D eigenvalue weighted by molar-refractivity contribution is 6.36. The van der Waals surface area contributed by atoms with Crippen LogP contribution in [0.4, 0.5) is 5.69 Å². The number of nitrogens with zero attached hydrogens (tertiary/aromatic N) is 2. The van der Waals surface area contributed by atoms with Gasteiger partial charge >= 0.3 is 0 Å². The number of anilines is 1. The molecule has 0 unspecified atom stereocenters. The quantitative estimate of drug-likeness (QED) is 0.262. The van der Waals surface area contributed by atoms with Gasteiger partial charge in [-0.2, -0.15) is 0 Å². The topological polar surface area (TPSA) is 76.0 Å². The van der Waals surface area contributed by atoms with Crippen LogP contribution in [0.2, 0.25) is 15.1 Å². The van der Waals surface area contributed by atoms with Gasteiger partial charge in [0.15, 0.2) is 0 Å². The predicted molar refractivity (Wildman–Crippen MR) is 154 cm³/mol. The summed E-state index contributed by atoms with van der Waals surface area (Å²) < 4.78 is 1.67. The molecule has 2 N–H and O–H groups in total. The minimum Gasteiger partial charge on any atom is -0.324 e. The second kappa shape index (κ2) is 11.2. The zero-order valence-corrected chi connectivity index (χ0v) is 23.2. The van der Waals surface area contributed by atoms with Crippen molar-refractivity contribution in [1.82, 2.24) is 14.9 Å². The molecule has 192 valence electrons. The maximum Gasteiger partial charge on any atom is 0.257 e. The number of amides is 1. The molecule has 0 aliphatic carbocycles. The molecule has 0 fully saturated rings. The van der Waals surface area contributed by atoms with E-state index in [1.165, 1.54) is 0 Å². The van der Waals surface area contributed by atoms with E-state index in [-0.39, 0.29) is 23.9 Å². The van der Waals surface area contributed by atoms with E-state index in [4.69, 9.17) is 39.8 Å². The van der Waals surface area contributed by atoms with Gasteiger partial charge in [-0.25, -0.2) is 4.98 Å². The van der Waals surface area contributed by atoms with E-state index >= 15 is 0 Å². The summed E-state index contributed by atoms with van der Waals surface area (Å²) in [5.74, 6) is -0.0730. The van der Waals surface area contributed by atoms with Gasteiger partial charge in [0, 0.05) is 38.7 Å². The Morgan fingerprint density at radius 3 is 2.30 bits per heavy atom. The van der Waals surface area contributed by atoms with Crippen LogP contribution >= 0.6 is 34.8 Å². The molecule has 6 nitrogen and oxygen atoms in total. The van der Waals surface area contributed by atoms with Crippen molar-refractivity contribution in [3.05, 3.63) is 79.5 Å². The summed E-state index contributed by atoms with van der Waals surface area (Å²) in [7, 11) is 1.69. The molecule has 0 aliphatic heterocycles. The van der Waals surface area contributed by atoms with E-state index in [1.807, 2.05) is 38.1 Å². The van der Waals surface area contributed by atoms with Crippen molar-refractivity contribution in [2.45, 2.75) is 27.3 Å². The lowest BCUT2D eigenvalue weighted by molar-refractivity contribution is -0.115. The smallest absolute Gasteiger partial charge is 0.257 e. The molecule has 0 aliphatic rings. The average Bonchev–Trinajstić information content (AvgIpc) is 2.84. The van der Waals surface area contributed by atoms with Gasteiger partial charge in [0.05, 0.1) is 22.9 Å². The number of pyridine rings is 2. The Kier molecular flexibility index (Phi) is 8.24. The minimum absolute atomic E-state index is 0.103. The number of aromatic nitrogens is 2. The maximum atomic E-state index is 13.5.